The van der Waals surface area contributed by atoms with Gasteiger partial charge in [-0.25, -0.2) is 18.2 Å². The predicted molar refractivity (Wildman–Crippen MR) is 95.3 cm³/mol. The van der Waals surface area contributed by atoms with Crippen LogP contribution in [-0.4, -0.2) is 25.3 Å². The second-order valence-electron chi connectivity index (χ2n) is 5.35. The summed E-state index contributed by atoms with van der Waals surface area (Å²) in [6, 6.07) is 14.0. The Morgan fingerprint density at radius 1 is 1.20 bits per heavy atom. The van der Waals surface area contributed by atoms with Gasteiger partial charge in [0.05, 0.1) is 12.0 Å². The third kappa shape index (κ3) is 3.81. The van der Waals surface area contributed by atoms with E-state index in [1.165, 1.54) is 12.1 Å². The number of nitrogens with zero attached hydrogens (tertiary/aromatic N) is 2. The maximum atomic E-state index is 11.5. The van der Waals surface area contributed by atoms with Crippen LogP contribution < -0.4 is 15.2 Å². The summed E-state index contributed by atoms with van der Waals surface area (Å²) < 4.78 is 30.2. The summed E-state index contributed by atoms with van der Waals surface area (Å²) in [4.78, 5) is 0.0646. The molecule has 8 heteroatoms. The minimum absolute atomic E-state index is 0.0646. The van der Waals surface area contributed by atoms with Crippen LogP contribution in [0.2, 0.25) is 0 Å². The van der Waals surface area contributed by atoms with E-state index >= 15 is 0 Å². The zero-order chi connectivity index (χ0) is 17.9. The summed E-state index contributed by atoms with van der Waals surface area (Å²) in [7, 11) is -2.13. The van der Waals surface area contributed by atoms with Gasteiger partial charge in [0.1, 0.15) is 11.4 Å². The van der Waals surface area contributed by atoms with Crippen LogP contribution in [0.1, 0.15) is 5.56 Å². The molecule has 1 aromatic heterocycles. The first kappa shape index (κ1) is 17.0. The highest BCUT2D eigenvalue weighted by Gasteiger charge is 2.12. The minimum atomic E-state index is -3.73. The normalized spacial score (nSPS) is 11.3. The number of primary sulfonamides is 1. The van der Waals surface area contributed by atoms with Gasteiger partial charge in [-0.1, -0.05) is 18.2 Å². The van der Waals surface area contributed by atoms with Crippen molar-refractivity contribution in [2.45, 2.75) is 11.4 Å². The van der Waals surface area contributed by atoms with Crippen LogP contribution in [0.5, 0.6) is 5.75 Å². The van der Waals surface area contributed by atoms with Gasteiger partial charge in [-0.2, -0.15) is 5.10 Å². The van der Waals surface area contributed by atoms with Crippen molar-refractivity contribution in [3.05, 3.63) is 66.5 Å². The van der Waals surface area contributed by atoms with Crippen LogP contribution >= 0.6 is 0 Å². The third-order valence-corrected chi connectivity index (χ3v) is 4.59. The van der Waals surface area contributed by atoms with Gasteiger partial charge in [-0.15, -0.1) is 0 Å². The lowest BCUT2D eigenvalue weighted by Gasteiger charge is -2.15. The fourth-order valence-electron chi connectivity index (χ4n) is 2.52. The van der Waals surface area contributed by atoms with Crippen molar-refractivity contribution in [3.63, 3.8) is 0 Å². The first-order valence-electron chi connectivity index (χ1n) is 7.51. The van der Waals surface area contributed by atoms with E-state index in [0.29, 0.717) is 18.0 Å². The standard InChI is InChI=1S/C17H18N4O3S/c1-24-17-13(5-2-8-16(17)21-10-4-9-20-21)12-19-14-6-3-7-15(11-14)25(18,22)23/h2-11,19H,12H2,1H3,(H2,18,22,23). The Bertz CT molecular complexity index is 969. The monoisotopic (exact) mass is 358 g/mol. The molecule has 7 nitrogen and oxygen atoms in total. The van der Waals surface area contributed by atoms with Gasteiger partial charge in [0, 0.05) is 30.2 Å². The van der Waals surface area contributed by atoms with Crippen LogP contribution in [-0.2, 0) is 16.6 Å². The fraction of sp³-hybridized carbons (Fsp3) is 0.118. The molecule has 0 atom stereocenters. The number of methoxy groups -OCH3 is 1. The molecule has 0 unspecified atom stereocenters. The van der Waals surface area contributed by atoms with Crippen molar-refractivity contribution >= 4 is 15.7 Å². The number of rotatable bonds is 6. The van der Waals surface area contributed by atoms with Crippen LogP contribution in [0, 0.1) is 0 Å². The van der Waals surface area contributed by atoms with E-state index < -0.39 is 10.0 Å². The number of anilines is 1. The minimum Gasteiger partial charge on any atom is -0.494 e. The van der Waals surface area contributed by atoms with E-state index in [1.807, 2.05) is 30.5 Å². The molecule has 130 valence electrons. The molecule has 3 aromatic rings. The maximum absolute atomic E-state index is 11.5. The van der Waals surface area contributed by atoms with Crippen molar-refractivity contribution < 1.29 is 13.2 Å². The van der Waals surface area contributed by atoms with Crippen molar-refractivity contribution in [3.8, 4) is 11.4 Å². The predicted octanol–water partition coefficient (Wildman–Crippen LogP) is 2.14. The molecule has 0 aliphatic heterocycles. The van der Waals surface area contributed by atoms with Gasteiger partial charge in [0.15, 0.2) is 0 Å². The zero-order valence-electron chi connectivity index (χ0n) is 13.6. The first-order chi connectivity index (χ1) is 12.0. The van der Waals surface area contributed by atoms with Gasteiger partial charge in [0.25, 0.3) is 0 Å². The van der Waals surface area contributed by atoms with E-state index in [0.717, 1.165) is 11.3 Å². The van der Waals surface area contributed by atoms with Crippen LogP contribution in [0.3, 0.4) is 0 Å². The van der Waals surface area contributed by atoms with Gasteiger partial charge < -0.3 is 10.1 Å². The average Bonchev–Trinajstić information content (AvgIpc) is 3.13. The molecular formula is C17H18N4O3S. The molecular weight excluding hydrogens is 340 g/mol. The Labute approximate surface area is 146 Å². The van der Waals surface area contributed by atoms with E-state index in [9.17, 15) is 8.42 Å². The number of sulfonamides is 1. The number of para-hydroxylation sites is 1. The second kappa shape index (κ2) is 6.96. The molecule has 0 aliphatic carbocycles. The van der Waals surface area contributed by atoms with Crippen LogP contribution in [0.15, 0.2) is 65.8 Å². The summed E-state index contributed by atoms with van der Waals surface area (Å²) in [5.41, 5.74) is 2.39. The van der Waals surface area contributed by atoms with Gasteiger partial charge in [-0.05, 0) is 30.3 Å². The molecule has 3 N–H and O–H groups in total. The van der Waals surface area contributed by atoms with Gasteiger partial charge in [0.2, 0.25) is 10.0 Å². The highest BCUT2D eigenvalue weighted by atomic mass is 32.2. The summed E-state index contributed by atoms with van der Waals surface area (Å²) in [5.74, 6) is 0.696. The number of hydrogen-bond acceptors (Lipinski definition) is 5. The first-order valence-corrected chi connectivity index (χ1v) is 9.06. The third-order valence-electron chi connectivity index (χ3n) is 3.68. The maximum Gasteiger partial charge on any atom is 0.238 e. The fourth-order valence-corrected chi connectivity index (χ4v) is 3.08. The summed E-state index contributed by atoms with van der Waals surface area (Å²) in [6.07, 6.45) is 3.54. The second-order valence-corrected chi connectivity index (χ2v) is 6.91. The van der Waals surface area contributed by atoms with Crippen LogP contribution in [0.25, 0.3) is 5.69 Å². The summed E-state index contributed by atoms with van der Waals surface area (Å²) in [6.45, 7) is 0.451. The number of nitrogens with one attached hydrogen (secondary N) is 1. The van der Waals surface area contributed by atoms with E-state index in [2.05, 4.69) is 10.4 Å². The van der Waals surface area contributed by atoms with Gasteiger partial charge in [-0.3, -0.25) is 0 Å². The smallest absolute Gasteiger partial charge is 0.238 e. The Morgan fingerprint density at radius 3 is 2.68 bits per heavy atom. The number of hydrogen-bond donors (Lipinski definition) is 2. The molecule has 0 fully saturated rings. The molecule has 0 spiro atoms. The van der Waals surface area contributed by atoms with E-state index in [1.54, 1.807) is 30.1 Å². The van der Waals surface area contributed by atoms with Crippen molar-refractivity contribution in [2.24, 2.45) is 5.14 Å². The van der Waals surface area contributed by atoms with Crippen molar-refractivity contribution in [2.75, 3.05) is 12.4 Å². The molecule has 0 saturated heterocycles. The largest absolute Gasteiger partial charge is 0.494 e. The molecule has 0 bridgehead atoms. The quantitative estimate of drug-likeness (QED) is 0.703. The highest BCUT2D eigenvalue weighted by molar-refractivity contribution is 7.89. The average molecular weight is 358 g/mol. The van der Waals surface area contributed by atoms with Crippen molar-refractivity contribution in [1.82, 2.24) is 9.78 Å². The molecule has 0 aliphatic rings. The molecule has 2 aromatic carbocycles. The SMILES string of the molecule is COc1c(CNc2cccc(S(N)(=O)=O)c2)cccc1-n1cccn1. The Morgan fingerprint density at radius 2 is 2.00 bits per heavy atom. The Kier molecular flexibility index (Phi) is 4.73. The topological polar surface area (TPSA) is 99.2 Å². The molecule has 25 heavy (non-hydrogen) atoms. The Balaban J connectivity index is 1.86. The van der Waals surface area contributed by atoms with E-state index in [4.69, 9.17) is 9.88 Å². The lowest BCUT2D eigenvalue weighted by Crippen LogP contribution is -2.12. The van der Waals surface area contributed by atoms with E-state index in [-0.39, 0.29) is 4.90 Å². The molecule has 1 heterocycles. The number of nitrogens with two attached hydrogens (primary N) is 1. The zero-order valence-corrected chi connectivity index (χ0v) is 14.4. The lowest BCUT2D eigenvalue weighted by atomic mass is 10.1. The lowest BCUT2D eigenvalue weighted by molar-refractivity contribution is 0.407. The molecule has 0 amide bonds. The molecule has 0 radical (unpaired) electrons. The number of benzene rings is 2. The van der Waals surface area contributed by atoms with Gasteiger partial charge >= 0.3 is 0 Å². The van der Waals surface area contributed by atoms with Crippen LogP contribution in [0.4, 0.5) is 5.69 Å². The van der Waals surface area contributed by atoms with Crippen molar-refractivity contribution in [1.29, 1.82) is 0 Å². The number of ether oxygens (including phenoxy) is 1. The Hall–Kier alpha value is -2.84. The molecule has 3 rings (SSSR count). The molecule has 0 saturated carbocycles. The highest BCUT2D eigenvalue weighted by Crippen LogP contribution is 2.27. The number of aromatic nitrogens is 2. The summed E-state index contributed by atoms with van der Waals surface area (Å²) >= 11 is 0. The summed E-state index contributed by atoms with van der Waals surface area (Å²) in [5, 5.41) is 12.6.